The minimum Gasteiger partial charge on any atom is -0.463 e. The number of non-ortho nitro benzene ring substituents is 1. The first-order chi connectivity index (χ1) is 20.8. The van der Waals surface area contributed by atoms with Crippen LogP contribution in [0, 0.1) is 15.9 Å². The summed E-state index contributed by atoms with van der Waals surface area (Å²) >= 11 is 1.13. The van der Waals surface area contributed by atoms with E-state index in [9.17, 15) is 24.1 Å². The van der Waals surface area contributed by atoms with E-state index in [2.05, 4.69) is 0 Å². The number of ether oxygens (including phenoxy) is 1. The van der Waals surface area contributed by atoms with E-state index in [1.54, 1.807) is 37.3 Å². The SMILES string of the molecule is CCOC(=O)C1=C(c2ccccc2)N=c2s/c(=C\c3ccc(-c4ccc([N+](=O)[O-])cc4)o3)c(=O)n2C1c1ccc(F)cc1. The summed E-state index contributed by atoms with van der Waals surface area (Å²) in [6, 6.07) is 23.1. The fourth-order valence-corrected chi connectivity index (χ4v) is 5.84. The zero-order valence-corrected chi connectivity index (χ0v) is 23.4. The molecule has 11 heteroatoms. The smallest absolute Gasteiger partial charge is 0.338 e. The Labute approximate surface area is 247 Å². The number of nitro groups is 1. The van der Waals surface area contributed by atoms with Crippen LogP contribution in [0.5, 0.6) is 0 Å². The molecule has 2 aromatic heterocycles. The summed E-state index contributed by atoms with van der Waals surface area (Å²) in [5.74, 6) is -0.242. The van der Waals surface area contributed by atoms with Crippen LogP contribution in [-0.4, -0.2) is 22.1 Å². The lowest BCUT2D eigenvalue weighted by Crippen LogP contribution is -2.40. The number of hydrogen-bond acceptors (Lipinski definition) is 8. The molecule has 9 nitrogen and oxygen atoms in total. The number of hydrogen-bond donors (Lipinski definition) is 0. The molecule has 3 heterocycles. The number of nitro benzene ring substituents is 1. The number of thiazole rings is 1. The van der Waals surface area contributed by atoms with E-state index < -0.39 is 28.3 Å². The molecule has 5 aromatic rings. The van der Waals surface area contributed by atoms with Gasteiger partial charge in [-0.25, -0.2) is 14.2 Å². The summed E-state index contributed by atoms with van der Waals surface area (Å²) in [4.78, 5) is 43.0. The molecule has 0 spiro atoms. The number of benzene rings is 3. The van der Waals surface area contributed by atoms with Crippen LogP contribution in [0.3, 0.4) is 0 Å². The maximum atomic E-state index is 13.9. The molecular formula is C32H22FN3O6S. The highest BCUT2D eigenvalue weighted by Crippen LogP contribution is 2.35. The van der Waals surface area contributed by atoms with Crippen LogP contribution in [-0.2, 0) is 9.53 Å². The van der Waals surface area contributed by atoms with Gasteiger partial charge in [0.2, 0.25) is 0 Å². The minimum absolute atomic E-state index is 0.0376. The van der Waals surface area contributed by atoms with Crippen molar-refractivity contribution in [2.75, 3.05) is 6.61 Å². The van der Waals surface area contributed by atoms with Crippen LogP contribution < -0.4 is 14.9 Å². The fraction of sp³-hybridized carbons (Fsp3) is 0.0938. The molecule has 0 radical (unpaired) electrons. The van der Waals surface area contributed by atoms with Crippen molar-refractivity contribution in [3.63, 3.8) is 0 Å². The minimum atomic E-state index is -0.930. The summed E-state index contributed by atoms with van der Waals surface area (Å²) in [7, 11) is 0. The Morgan fingerprint density at radius 2 is 1.77 bits per heavy atom. The second-order valence-corrected chi connectivity index (χ2v) is 10.5. The van der Waals surface area contributed by atoms with E-state index >= 15 is 0 Å². The summed E-state index contributed by atoms with van der Waals surface area (Å²) < 4.78 is 27.0. The van der Waals surface area contributed by atoms with Crippen molar-refractivity contribution in [2.45, 2.75) is 13.0 Å². The van der Waals surface area contributed by atoms with Crippen LogP contribution in [0.4, 0.5) is 10.1 Å². The molecule has 1 aliphatic heterocycles. The monoisotopic (exact) mass is 595 g/mol. The lowest BCUT2D eigenvalue weighted by Gasteiger charge is -2.25. The molecule has 1 atom stereocenters. The normalized spacial score (nSPS) is 14.7. The van der Waals surface area contributed by atoms with Crippen LogP contribution in [0.1, 0.15) is 29.9 Å². The molecule has 0 amide bonds. The van der Waals surface area contributed by atoms with Crippen LogP contribution in [0.2, 0.25) is 0 Å². The van der Waals surface area contributed by atoms with Crippen molar-refractivity contribution < 1.29 is 23.3 Å². The van der Waals surface area contributed by atoms with Crippen molar-refractivity contribution in [1.29, 1.82) is 0 Å². The number of fused-ring (bicyclic) bond motifs is 1. The van der Waals surface area contributed by atoms with E-state index in [0.29, 0.717) is 43.2 Å². The summed E-state index contributed by atoms with van der Waals surface area (Å²) in [6.45, 7) is 1.80. The van der Waals surface area contributed by atoms with Gasteiger partial charge in [-0.1, -0.05) is 53.8 Å². The van der Waals surface area contributed by atoms with Crippen molar-refractivity contribution in [3.05, 3.63) is 149 Å². The lowest BCUT2D eigenvalue weighted by atomic mass is 9.93. The quantitative estimate of drug-likeness (QED) is 0.144. The number of aromatic nitrogens is 1. The first-order valence-electron chi connectivity index (χ1n) is 13.2. The van der Waals surface area contributed by atoms with Crippen molar-refractivity contribution in [2.24, 2.45) is 4.99 Å². The van der Waals surface area contributed by atoms with Gasteiger partial charge in [-0.2, -0.15) is 0 Å². The second-order valence-electron chi connectivity index (χ2n) is 9.49. The average molecular weight is 596 g/mol. The third kappa shape index (κ3) is 5.33. The van der Waals surface area contributed by atoms with Gasteiger partial charge in [0.05, 0.1) is 33.4 Å². The summed E-state index contributed by atoms with van der Waals surface area (Å²) in [5.41, 5.74) is 1.88. The largest absolute Gasteiger partial charge is 0.463 e. The van der Waals surface area contributed by atoms with Gasteiger partial charge in [0.15, 0.2) is 4.80 Å². The maximum absolute atomic E-state index is 13.9. The number of furan rings is 1. The number of carbonyl (C=O) groups excluding carboxylic acids is 1. The average Bonchev–Trinajstić information content (AvgIpc) is 3.61. The van der Waals surface area contributed by atoms with Gasteiger partial charge in [0.25, 0.3) is 11.2 Å². The van der Waals surface area contributed by atoms with Crippen molar-refractivity contribution in [1.82, 2.24) is 4.57 Å². The van der Waals surface area contributed by atoms with Gasteiger partial charge in [-0.05, 0) is 48.9 Å². The first-order valence-corrected chi connectivity index (χ1v) is 14.0. The fourth-order valence-electron chi connectivity index (χ4n) is 4.86. The Balaban J connectivity index is 1.52. The molecule has 0 fully saturated rings. The van der Waals surface area contributed by atoms with Crippen LogP contribution in [0.15, 0.2) is 111 Å². The van der Waals surface area contributed by atoms with Crippen LogP contribution >= 0.6 is 11.3 Å². The van der Waals surface area contributed by atoms with Gasteiger partial charge in [-0.3, -0.25) is 19.5 Å². The Hall–Kier alpha value is -5.42. The standard InChI is InChI=1S/C32H22FN3O6S/c1-2-41-31(38)27-28(20-6-4-3-5-7-20)34-32-35(29(27)21-8-12-22(33)13-9-21)30(37)26(43-32)18-24-16-17-25(42-24)19-10-14-23(15-11-19)36(39)40/h3-18,29H,2H2,1H3/b26-18-. The van der Waals surface area contributed by atoms with Crippen molar-refractivity contribution >= 4 is 34.8 Å². The molecule has 0 bridgehead atoms. The number of rotatable bonds is 7. The molecule has 0 aliphatic carbocycles. The Bertz CT molecular complexity index is 2060. The number of nitrogens with zero attached hydrogens (tertiary/aromatic N) is 3. The zero-order valence-electron chi connectivity index (χ0n) is 22.6. The van der Waals surface area contributed by atoms with Crippen molar-refractivity contribution in [3.8, 4) is 11.3 Å². The number of carbonyl (C=O) groups is 1. The van der Waals surface area contributed by atoms with E-state index in [1.807, 2.05) is 30.3 Å². The van der Waals surface area contributed by atoms with E-state index in [-0.39, 0.29) is 17.9 Å². The van der Waals surface area contributed by atoms with E-state index in [0.717, 1.165) is 11.3 Å². The Kier molecular flexibility index (Phi) is 7.39. The van der Waals surface area contributed by atoms with Crippen LogP contribution in [0.25, 0.3) is 23.1 Å². The third-order valence-electron chi connectivity index (χ3n) is 6.82. The Morgan fingerprint density at radius 1 is 1.05 bits per heavy atom. The van der Waals surface area contributed by atoms with E-state index in [1.165, 1.54) is 41.0 Å². The first kappa shape index (κ1) is 27.7. The number of esters is 1. The topological polar surface area (TPSA) is 117 Å². The third-order valence-corrected chi connectivity index (χ3v) is 7.81. The second kappa shape index (κ2) is 11.5. The zero-order chi connectivity index (χ0) is 30.1. The highest BCUT2D eigenvalue weighted by Gasteiger charge is 2.35. The van der Waals surface area contributed by atoms with E-state index in [4.69, 9.17) is 14.1 Å². The highest BCUT2D eigenvalue weighted by molar-refractivity contribution is 7.07. The van der Waals surface area contributed by atoms with Gasteiger partial charge in [-0.15, -0.1) is 0 Å². The number of halogens is 1. The molecule has 3 aromatic carbocycles. The van der Waals surface area contributed by atoms with Gasteiger partial charge < -0.3 is 9.15 Å². The molecular weight excluding hydrogens is 573 g/mol. The molecule has 1 unspecified atom stereocenters. The maximum Gasteiger partial charge on any atom is 0.338 e. The predicted octanol–water partition coefficient (Wildman–Crippen LogP) is 5.24. The molecule has 214 valence electrons. The predicted molar refractivity (Wildman–Crippen MR) is 158 cm³/mol. The molecule has 0 N–H and O–H groups in total. The molecule has 0 saturated carbocycles. The summed E-state index contributed by atoms with van der Waals surface area (Å²) in [6.07, 6.45) is 1.58. The Morgan fingerprint density at radius 3 is 2.44 bits per heavy atom. The summed E-state index contributed by atoms with van der Waals surface area (Å²) in [5, 5.41) is 11.0. The molecule has 43 heavy (non-hydrogen) atoms. The highest BCUT2D eigenvalue weighted by atomic mass is 32.1. The van der Waals surface area contributed by atoms with Gasteiger partial charge >= 0.3 is 5.97 Å². The lowest BCUT2D eigenvalue weighted by molar-refractivity contribution is -0.384. The van der Waals surface area contributed by atoms with Gasteiger partial charge in [0.1, 0.15) is 17.3 Å². The molecule has 6 rings (SSSR count). The van der Waals surface area contributed by atoms with Gasteiger partial charge in [0, 0.05) is 29.3 Å². The molecule has 0 saturated heterocycles. The molecule has 1 aliphatic rings.